The van der Waals surface area contributed by atoms with E-state index in [2.05, 4.69) is 18.1 Å². The van der Waals surface area contributed by atoms with Crippen molar-refractivity contribution in [3.8, 4) is 5.75 Å². The van der Waals surface area contributed by atoms with Gasteiger partial charge in [-0.25, -0.2) is 18.5 Å². The Morgan fingerprint density at radius 3 is 2.23 bits per heavy atom. The fraction of sp³-hybridized carbons (Fsp3) is 0.412. The van der Waals surface area contributed by atoms with Crippen LogP contribution in [0.2, 0.25) is 0 Å². The predicted octanol–water partition coefficient (Wildman–Crippen LogP) is 0.313. The first-order valence-electron chi connectivity index (χ1n) is 10.4. The van der Waals surface area contributed by atoms with Crippen molar-refractivity contribution in [2.24, 2.45) is 0 Å². The van der Waals surface area contributed by atoms with E-state index < -0.39 is 65.9 Å². The molecule has 6 N–H and O–H groups in total. The third-order valence-corrected chi connectivity index (χ3v) is 10.1. The molecular formula is C17H23N2O16P3S. The minimum atomic E-state index is -5.67. The number of methoxy groups -OCH3 is 1. The zero-order valence-corrected chi connectivity index (χ0v) is 23.3. The minimum Gasteiger partial charge on any atom is -0.497 e. The van der Waals surface area contributed by atoms with Gasteiger partial charge in [0.05, 0.1) is 18.6 Å². The van der Waals surface area contributed by atoms with Crippen molar-refractivity contribution in [2.75, 3.05) is 20.8 Å². The molecule has 0 spiro atoms. The molecule has 1 aromatic carbocycles. The van der Waals surface area contributed by atoms with Crippen LogP contribution in [0.3, 0.4) is 0 Å². The highest BCUT2D eigenvalue weighted by Gasteiger charge is 2.47. The summed E-state index contributed by atoms with van der Waals surface area (Å²) >= 11 is 0.973. The van der Waals surface area contributed by atoms with E-state index in [1.807, 2.05) is 0 Å². The molecule has 6 atom stereocenters. The summed E-state index contributed by atoms with van der Waals surface area (Å²) in [5, 5.41) is 20.9. The summed E-state index contributed by atoms with van der Waals surface area (Å²) < 4.78 is 63.1. The molecule has 22 heteroatoms. The van der Waals surface area contributed by atoms with Gasteiger partial charge in [-0.1, -0.05) is 11.8 Å². The zero-order chi connectivity index (χ0) is 29.2. The molecular weight excluding hydrogens is 613 g/mol. The van der Waals surface area contributed by atoms with E-state index in [9.17, 15) is 38.4 Å². The number of phosphoric acid groups is 3. The highest BCUT2D eigenvalue weighted by molar-refractivity contribution is 7.99. The predicted molar refractivity (Wildman–Crippen MR) is 129 cm³/mol. The third-order valence-electron chi connectivity index (χ3n) is 4.87. The number of hydrogen-bond acceptors (Lipinski definition) is 14. The zero-order valence-electron chi connectivity index (χ0n) is 19.8. The number of aliphatic hydroxyl groups excluding tert-OH is 2. The first-order valence-corrected chi connectivity index (χ1v) is 15.7. The van der Waals surface area contributed by atoms with E-state index in [4.69, 9.17) is 23.8 Å². The summed E-state index contributed by atoms with van der Waals surface area (Å²) in [6.07, 6.45) is -5.62. The Bertz CT molecular complexity index is 1420. The van der Waals surface area contributed by atoms with E-state index in [-0.39, 0.29) is 4.90 Å². The number of aromatic amines is 1. The number of phosphoric ester groups is 1. The number of hydrogen-bond donors (Lipinski definition) is 6. The van der Waals surface area contributed by atoms with Gasteiger partial charge in [-0.2, -0.15) is 8.62 Å². The fourth-order valence-corrected chi connectivity index (χ4v) is 7.35. The number of ether oxygens (including phenoxy) is 2. The number of nitrogens with one attached hydrogen (secondary N) is 1. The molecule has 2 heterocycles. The molecule has 18 nitrogen and oxygen atoms in total. The van der Waals surface area contributed by atoms with Crippen LogP contribution in [0.25, 0.3) is 0 Å². The summed E-state index contributed by atoms with van der Waals surface area (Å²) in [5.74, 6) is 0.572. The number of rotatable bonds is 12. The van der Waals surface area contributed by atoms with Crippen LogP contribution in [-0.2, 0) is 36.1 Å². The highest BCUT2D eigenvalue weighted by atomic mass is 32.2. The maximum atomic E-state index is 12.5. The Morgan fingerprint density at radius 1 is 1.03 bits per heavy atom. The quantitative estimate of drug-likeness (QED) is 0.171. The lowest BCUT2D eigenvalue weighted by atomic mass is 10.1. The van der Waals surface area contributed by atoms with Crippen molar-refractivity contribution >= 4 is 35.2 Å². The maximum Gasteiger partial charge on any atom is 0.490 e. The average molecular weight is 636 g/mol. The molecule has 0 amide bonds. The number of aliphatic hydroxyl groups is 2. The Morgan fingerprint density at radius 2 is 1.67 bits per heavy atom. The van der Waals surface area contributed by atoms with Crippen molar-refractivity contribution in [3.05, 3.63) is 51.3 Å². The van der Waals surface area contributed by atoms with E-state index in [1.165, 1.54) is 7.11 Å². The normalized spacial score (nSPS) is 24.7. The van der Waals surface area contributed by atoms with Crippen molar-refractivity contribution in [3.63, 3.8) is 0 Å². The van der Waals surface area contributed by atoms with Crippen LogP contribution in [-0.4, -0.2) is 73.6 Å². The second-order valence-electron chi connectivity index (χ2n) is 7.53. The lowest BCUT2D eigenvalue weighted by Gasteiger charge is -2.21. The topological polar surface area (TPSA) is 263 Å². The Kier molecular flexibility index (Phi) is 10.2. The van der Waals surface area contributed by atoms with E-state index in [0.29, 0.717) is 17.8 Å². The first kappa shape index (κ1) is 31.9. The molecule has 0 bridgehead atoms. The van der Waals surface area contributed by atoms with Crippen LogP contribution >= 0.6 is 35.2 Å². The molecule has 1 fully saturated rings. The van der Waals surface area contributed by atoms with Gasteiger partial charge in [0.15, 0.2) is 6.23 Å². The molecule has 2 aromatic rings. The molecule has 0 aliphatic carbocycles. The molecule has 1 aliphatic heterocycles. The molecule has 1 saturated heterocycles. The lowest BCUT2D eigenvalue weighted by molar-refractivity contribution is -0.0550. The Balaban J connectivity index is 1.76. The number of aromatic nitrogens is 2. The van der Waals surface area contributed by atoms with Gasteiger partial charge >= 0.3 is 29.2 Å². The van der Waals surface area contributed by atoms with Crippen molar-refractivity contribution in [2.45, 2.75) is 34.3 Å². The van der Waals surface area contributed by atoms with Gasteiger partial charge in [0.25, 0.3) is 5.56 Å². The van der Waals surface area contributed by atoms with Gasteiger partial charge in [-0.15, -0.1) is 0 Å². The standard InChI is InChI=1S/C17H23N2O16P3S/c1-30-9-3-5-10(6-4-9)39-12-7-19(17(23)18-15(12)22)16-14(21)13(20)11(33-16)8-32-38(29,31-2)35-37(27,28)34-36(24,25)26/h3-7,11,13-14,16,20-21H,8H2,1-2H3,(H,27,28)(H,18,22,23)(H2,24,25,26)/t11-,13-,14-,16-,38?/m1/s1. The van der Waals surface area contributed by atoms with E-state index >= 15 is 0 Å². The molecule has 3 rings (SSSR count). The molecule has 39 heavy (non-hydrogen) atoms. The van der Waals surface area contributed by atoms with Crippen LogP contribution in [0.15, 0.2) is 49.8 Å². The van der Waals surface area contributed by atoms with Crippen LogP contribution < -0.4 is 16.0 Å². The van der Waals surface area contributed by atoms with Crippen LogP contribution in [0.4, 0.5) is 0 Å². The van der Waals surface area contributed by atoms with E-state index in [1.54, 1.807) is 24.3 Å². The van der Waals surface area contributed by atoms with Crippen molar-refractivity contribution in [1.29, 1.82) is 0 Å². The second kappa shape index (κ2) is 12.5. The minimum absolute atomic E-state index is 0.0193. The largest absolute Gasteiger partial charge is 0.497 e. The van der Waals surface area contributed by atoms with Crippen LogP contribution in [0.5, 0.6) is 5.75 Å². The Labute approximate surface area is 222 Å². The fourth-order valence-electron chi connectivity index (χ4n) is 3.15. The average Bonchev–Trinajstić information content (AvgIpc) is 3.11. The summed E-state index contributed by atoms with van der Waals surface area (Å²) in [7, 11) is -14.1. The smallest absolute Gasteiger partial charge is 0.490 e. The van der Waals surface area contributed by atoms with E-state index in [0.717, 1.165) is 22.5 Å². The summed E-state index contributed by atoms with van der Waals surface area (Å²) in [5.41, 5.74) is -1.74. The number of H-pyrrole nitrogens is 1. The highest BCUT2D eigenvalue weighted by Crippen LogP contribution is 2.68. The van der Waals surface area contributed by atoms with Crippen molar-refractivity contribution in [1.82, 2.24) is 9.55 Å². The van der Waals surface area contributed by atoms with Gasteiger partial charge in [-0.05, 0) is 24.3 Å². The first-order chi connectivity index (χ1) is 18.1. The summed E-state index contributed by atoms with van der Waals surface area (Å²) in [6.45, 7) is -0.943. The van der Waals surface area contributed by atoms with Gasteiger partial charge in [-0.3, -0.25) is 23.4 Å². The van der Waals surface area contributed by atoms with Crippen LogP contribution in [0, 0.1) is 0 Å². The molecule has 1 aromatic heterocycles. The second-order valence-corrected chi connectivity index (χ2v) is 13.4. The SMILES string of the molecule is COc1ccc(Sc2cn([C@@H]3O[C@H](COP(=O)(OC)OP(=O)(O)OP(=O)(O)O)[C@@H](O)[C@H]3O)c(=O)[nH]c2=O)cc1. The van der Waals surface area contributed by atoms with Gasteiger partial charge in [0.2, 0.25) is 0 Å². The number of benzene rings is 1. The van der Waals surface area contributed by atoms with Gasteiger partial charge in [0, 0.05) is 18.2 Å². The summed E-state index contributed by atoms with van der Waals surface area (Å²) in [4.78, 5) is 54.2. The van der Waals surface area contributed by atoms with Crippen molar-refractivity contribution < 1.29 is 65.7 Å². The maximum absolute atomic E-state index is 12.5. The molecule has 0 radical (unpaired) electrons. The summed E-state index contributed by atoms with van der Waals surface area (Å²) in [6, 6.07) is 6.60. The number of nitrogens with zero attached hydrogens (tertiary/aromatic N) is 1. The van der Waals surface area contributed by atoms with Gasteiger partial charge < -0.3 is 34.4 Å². The van der Waals surface area contributed by atoms with Gasteiger partial charge in [0.1, 0.15) is 24.1 Å². The Hall–Kier alpha value is -1.66. The molecule has 0 saturated carbocycles. The molecule has 2 unspecified atom stereocenters. The lowest BCUT2D eigenvalue weighted by Crippen LogP contribution is -2.38. The monoisotopic (exact) mass is 636 g/mol. The van der Waals surface area contributed by atoms with Crippen LogP contribution in [0.1, 0.15) is 6.23 Å². The molecule has 1 aliphatic rings. The molecule has 218 valence electrons. The third kappa shape index (κ3) is 8.42.